The molecule has 63 heavy (non-hydrogen) atoms. The summed E-state index contributed by atoms with van der Waals surface area (Å²) in [5, 5.41) is 2.74. The lowest BCUT2D eigenvalue weighted by atomic mass is 10.1. The zero-order valence-electron chi connectivity index (χ0n) is 34.4. The van der Waals surface area contributed by atoms with Crippen molar-refractivity contribution in [2.24, 2.45) is 0 Å². The standard InChI is InChI=1S/C38H49F2N7O13P2S/c1-3-4-5-6-7-8-9-10-16-41-38(50)56-25-13-11-24(12-14-25)20-63-62(53)55-19-27-32(29(39)36(58-27)47-22-44-31-23(2)42-21-43-34(31)47)59-61(51,52)54-18-26-33(60-62)30(40)35(57-26)46-17-15-28(48)45-37(46)49/h11-15,17,21-22,26-27,29-30,32-33,35-36H,3-10,16,18-20H2,1-2H3,(H,41,50)(H,51,52)(H,45,48,49)/t26-,27-,29-,30-,32-,33-,35-,36-,62?/m1/s1. The van der Waals surface area contributed by atoms with E-state index in [0.29, 0.717) is 39.3 Å². The molecule has 344 valence electrons. The highest BCUT2D eigenvalue weighted by atomic mass is 32.7. The van der Waals surface area contributed by atoms with E-state index >= 15 is 8.78 Å². The van der Waals surface area contributed by atoms with Crippen LogP contribution in [0.3, 0.4) is 0 Å². The van der Waals surface area contributed by atoms with Crippen LogP contribution in [0.15, 0.2) is 58.8 Å². The first-order valence-electron chi connectivity index (χ1n) is 20.6. The summed E-state index contributed by atoms with van der Waals surface area (Å²) in [7, 11) is -5.20. The number of fused-ring (bicyclic) bond motifs is 3. The van der Waals surface area contributed by atoms with Gasteiger partial charge in [-0.05, 0) is 42.4 Å². The van der Waals surface area contributed by atoms with E-state index < -0.39 is 94.4 Å². The maximum atomic E-state index is 16.4. The molecule has 3 aliphatic rings. The Bertz CT molecular complexity index is 2410. The van der Waals surface area contributed by atoms with Gasteiger partial charge < -0.3 is 24.4 Å². The molecule has 10 atom stereocenters. The lowest BCUT2D eigenvalue weighted by Crippen LogP contribution is -2.38. The fourth-order valence-electron chi connectivity index (χ4n) is 7.30. The molecule has 3 fully saturated rings. The van der Waals surface area contributed by atoms with Gasteiger partial charge in [-0.3, -0.25) is 37.0 Å². The zero-order chi connectivity index (χ0) is 44.7. The fourth-order valence-corrected chi connectivity index (χ4v) is 11.6. The van der Waals surface area contributed by atoms with Crippen molar-refractivity contribution >= 4 is 43.3 Å². The van der Waals surface area contributed by atoms with Gasteiger partial charge in [-0.1, -0.05) is 64.0 Å². The molecule has 0 saturated carbocycles. The topological polar surface area (TPSA) is 247 Å². The van der Waals surface area contributed by atoms with Gasteiger partial charge in [-0.2, -0.15) is 0 Å². The first-order chi connectivity index (χ1) is 30.2. The summed E-state index contributed by atoms with van der Waals surface area (Å²) in [5.74, 6) is 0.160. The number of ether oxygens (including phenoxy) is 3. The van der Waals surface area contributed by atoms with E-state index in [9.17, 15) is 28.4 Å². The van der Waals surface area contributed by atoms with Crippen LogP contribution >= 0.6 is 26.0 Å². The Kier molecular flexibility index (Phi) is 15.7. The Morgan fingerprint density at radius 2 is 1.56 bits per heavy atom. The number of benzene rings is 1. The third-order valence-corrected chi connectivity index (χ3v) is 15.2. The molecule has 0 aliphatic carbocycles. The molecule has 3 N–H and O–H groups in total. The molecule has 4 aromatic rings. The minimum Gasteiger partial charge on any atom is -0.410 e. The number of phosphoric acid groups is 1. The van der Waals surface area contributed by atoms with E-state index in [0.717, 1.165) is 31.5 Å². The highest BCUT2D eigenvalue weighted by Crippen LogP contribution is 2.65. The van der Waals surface area contributed by atoms with Crippen LogP contribution in [0.25, 0.3) is 11.2 Å². The number of phosphoric ester groups is 1. The summed E-state index contributed by atoms with van der Waals surface area (Å²) in [6.07, 6.45) is -2.84. The van der Waals surface area contributed by atoms with Gasteiger partial charge in [0.15, 0.2) is 30.4 Å². The molecule has 0 spiro atoms. The van der Waals surface area contributed by atoms with Crippen molar-refractivity contribution in [3.8, 4) is 5.75 Å². The van der Waals surface area contributed by atoms with E-state index in [4.69, 9.17) is 32.3 Å². The molecule has 3 aromatic heterocycles. The van der Waals surface area contributed by atoms with Crippen LogP contribution in [0.1, 0.15) is 82.0 Å². The van der Waals surface area contributed by atoms with Crippen molar-refractivity contribution in [1.29, 1.82) is 0 Å². The predicted octanol–water partition coefficient (Wildman–Crippen LogP) is 6.34. The molecule has 6 heterocycles. The molecule has 2 unspecified atom stereocenters. The number of aromatic amines is 1. The van der Waals surface area contributed by atoms with Gasteiger partial charge in [-0.25, -0.2) is 42.5 Å². The third kappa shape index (κ3) is 11.7. The van der Waals surface area contributed by atoms with Crippen LogP contribution in [0.5, 0.6) is 5.75 Å². The molecule has 7 rings (SSSR count). The van der Waals surface area contributed by atoms with E-state index in [1.165, 1.54) is 61.5 Å². The van der Waals surface area contributed by atoms with Crippen molar-refractivity contribution < 1.29 is 59.9 Å². The number of rotatable bonds is 15. The van der Waals surface area contributed by atoms with Crippen molar-refractivity contribution in [3.05, 3.63) is 81.3 Å². The number of H-pyrrole nitrogens is 1. The second-order valence-electron chi connectivity index (χ2n) is 15.2. The number of alkyl halides is 2. The summed E-state index contributed by atoms with van der Waals surface area (Å²) in [4.78, 5) is 62.1. The average molecular weight is 944 g/mol. The Hall–Kier alpha value is -3.89. The van der Waals surface area contributed by atoms with Gasteiger partial charge in [0.05, 0.1) is 25.2 Å². The Morgan fingerprint density at radius 3 is 2.25 bits per heavy atom. The van der Waals surface area contributed by atoms with Crippen LogP contribution in [0.4, 0.5) is 13.6 Å². The van der Waals surface area contributed by atoms with Crippen LogP contribution in [-0.2, 0) is 42.5 Å². The molecular weight excluding hydrogens is 894 g/mol. The van der Waals surface area contributed by atoms with Crippen molar-refractivity contribution in [1.82, 2.24) is 34.4 Å². The molecule has 0 bridgehead atoms. The monoisotopic (exact) mass is 943 g/mol. The highest BCUT2D eigenvalue weighted by Gasteiger charge is 2.55. The Morgan fingerprint density at radius 1 is 0.905 bits per heavy atom. The molecular formula is C38H49F2N7O13P2S. The highest BCUT2D eigenvalue weighted by molar-refractivity contribution is 8.54. The summed E-state index contributed by atoms with van der Waals surface area (Å²) < 4.78 is 102. The number of hydrogen-bond donors (Lipinski definition) is 3. The second kappa shape index (κ2) is 21.0. The van der Waals surface area contributed by atoms with Crippen LogP contribution in [0.2, 0.25) is 0 Å². The van der Waals surface area contributed by atoms with Gasteiger partial charge in [-0.15, -0.1) is 0 Å². The molecule has 20 nitrogen and oxygen atoms in total. The van der Waals surface area contributed by atoms with E-state index in [1.54, 1.807) is 19.1 Å². The van der Waals surface area contributed by atoms with E-state index in [-0.39, 0.29) is 17.1 Å². The zero-order valence-corrected chi connectivity index (χ0v) is 37.0. The minimum atomic E-state index is -5.20. The first kappa shape index (κ1) is 47.1. The number of unbranched alkanes of at least 4 members (excludes halogenated alkanes) is 7. The number of nitrogens with one attached hydrogen (secondary N) is 2. The largest absolute Gasteiger partial charge is 0.472 e. The fraction of sp³-hybridized carbons (Fsp3) is 0.579. The van der Waals surface area contributed by atoms with Gasteiger partial charge in [0, 0.05) is 24.6 Å². The number of aromatic nitrogens is 6. The van der Waals surface area contributed by atoms with Crippen LogP contribution in [0, 0.1) is 6.92 Å². The molecule has 1 aromatic carbocycles. The van der Waals surface area contributed by atoms with Crippen molar-refractivity contribution in [2.75, 3.05) is 19.8 Å². The SMILES string of the molecule is CCCCCCCCCCNC(=O)Oc1ccc(CSP2(=O)OC[C@H]3O[C@@H](n4cnc5c(C)ncnc54)[C@H](F)[C@@H]3OP(=O)(O)OC[C@H]3O[C@@H](n4ccc(=O)[nH]c4=O)[C@H](F)[C@@H]3O2)cc1. The number of aryl methyl sites for hydroxylation is 1. The van der Waals surface area contributed by atoms with E-state index in [2.05, 4.69) is 27.2 Å². The normalized spacial score (nSPS) is 30.0. The molecule has 1 amide bonds. The Labute approximate surface area is 363 Å². The second-order valence-corrected chi connectivity index (χ2v) is 20.6. The van der Waals surface area contributed by atoms with Crippen molar-refractivity contribution in [2.45, 2.75) is 120 Å². The number of halogens is 2. The minimum absolute atomic E-state index is 0.0809. The lowest BCUT2D eigenvalue weighted by molar-refractivity contribution is -0.0619. The quantitative estimate of drug-likeness (QED) is 0.0868. The number of hydrogen-bond acceptors (Lipinski definition) is 16. The summed E-state index contributed by atoms with van der Waals surface area (Å²) in [6, 6.07) is 7.21. The first-order valence-corrected chi connectivity index (χ1v) is 25.2. The van der Waals surface area contributed by atoms with Gasteiger partial charge in [0.1, 0.15) is 42.0 Å². The average Bonchev–Trinajstić information content (AvgIpc) is 3.91. The van der Waals surface area contributed by atoms with Gasteiger partial charge in [0.2, 0.25) is 0 Å². The van der Waals surface area contributed by atoms with Crippen LogP contribution < -0.4 is 21.3 Å². The lowest BCUT2D eigenvalue weighted by Gasteiger charge is -2.29. The smallest absolute Gasteiger partial charge is 0.410 e. The molecule has 3 saturated heterocycles. The van der Waals surface area contributed by atoms with Gasteiger partial charge in [0.25, 0.3) is 5.56 Å². The molecule has 25 heteroatoms. The molecule has 0 radical (unpaired) electrons. The van der Waals surface area contributed by atoms with Crippen LogP contribution in [-0.4, -0.2) is 96.6 Å². The summed E-state index contributed by atoms with van der Waals surface area (Å²) >= 11 is 0.621. The number of nitrogens with zero attached hydrogens (tertiary/aromatic N) is 5. The summed E-state index contributed by atoms with van der Waals surface area (Å²) in [6.45, 7) is -1.98. The number of imidazole rings is 1. The number of carbonyl (C=O) groups is 1. The summed E-state index contributed by atoms with van der Waals surface area (Å²) in [5.41, 5.74) is -0.255. The Balaban J connectivity index is 1.07. The van der Waals surface area contributed by atoms with Crippen molar-refractivity contribution in [3.63, 3.8) is 0 Å². The molecule has 3 aliphatic heterocycles. The number of amides is 1. The van der Waals surface area contributed by atoms with Gasteiger partial charge >= 0.3 is 26.4 Å². The predicted molar refractivity (Wildman–Crippen MR) is 222 cm³/mol. The maximum absolute atomic E-state index is 16.4. The third-order valence-electron chi connectivity index (χ3n) is 10.6. The maximum Gasteiger partial charge on any atom is 0.472 e. The van der Waals surface area contributed by atoms with E-state index in [1.807, 2.05) is 4.98 Å². The number of carbonyl (C=O) groups excluding carboxylic acids is 1.